The number of hydrogen-bond donors (Lipinski definition) is 5. The lowest BCUT2D eigenvalue weighted by molar-refractivity contribution is 0.0945. The van der Waals surface area contributed by atoms with Crippen LogP contribution in [0, 0.1) is 5.41 Å². The van der Waals surface area contributed by atoms with Crippen LogP contribution in [0.15, 0.2) is 67.1 Å². The Bertz CT molecular complexity index is 1860. The van der Waals surface area contributed by atoms with Crippen molar-refractivity contribution in [2.75, 3.05) is 73.9 Å². The molecule has 0 spiro atoms. The first-order valence-electron chi connectivity index (χ1n) is 16.8. The predicted molar refractivity (Wildman–Crippen MR) is 207 cm³/mol. The van der Waals surface area contributed by atoms with Crippen molar-refractivity contribution in [2.24, 2.45) is 14.1 Å². The summed E-state index contributed by atoms with van der Waals surface area (Å²) in [5, 5.41) is 19.8. The molecular formula is C37H46N10O3S. The summed E-state index contributed by atoms with van der Waals surface area (Å²) in [6.07, 6.45) is 9.08. The number of anilines is 3. The molecule has 0 unspecified atom stereocenters. The van der Waals surface area contributed by atoms with Gasteiger partial charge in [-0.15, -0.1) is 0 Å². The highest BCUT2D eigenvalue weighted by molar-refractivity contribution is 7.99. The summed E-state index contributed by atoms with van der Waals surface area (Å²) < 4.78 is 3.26. The lowest BCUT2D eigenvalue weighted by Gasteiger charge is -2.26. The van der Waals surface area contributed by atoms with Crippen LogP contribution < -0.4 is 26.2 Å². The largest absolute Gasteiger partial charge is 0.378 e. The molecule has 0 bridgehead atoms. The topological polar surface area (TPSA) is 152 Å². The molecule has 1 aliphatic heterocycles. The Labute approximate surface area is 303 Å². The number of aryl methyl sites for hydroxylation is 2. The molecule has 4 heterocycles. The standard InChI is InChI=1S/C37H46N10O3S/c1-44(2)31-11-6-26(7-12-31)5-9-28-10-8-27(23-41-28)35(48)42-29-22-33(46(4)24-29)37(50)43-30-21-32(45(3)25-30)36(49)40-14-13-34(38)39-15-16-47-17-19-51-20-18-47/h5-12,21-25H,13-20H2,1-4H3,(H2,38,39)(H,40,49)(H,42,48)(H,43,50)/b9-5+. The number of amidine groups is 1. The highest BCUT2D eigenvalue weighted by atomic mass is 32.2. The van der Waals surface area contributed by atoms with E-state index in [2.05, 4.69) is 31.2 Å². The van der Waals surface area contributed by atoms with Gasteiger partial charge in [0.1, 0.15) is 11.4 Å². The monoisotopic (exact) mass is 710 g/mol. The van der Waals surface area contributed by atoms with Gasteiger partial charge in [-0.2, -0.15) is 11.8 Å². The molecule has 0 saturated carbocycles. The molecule has 4 aromatic rings. The van der Waals surface area contributed by atoms with Gasteiger partial charge in [0.25, 0.3) is 17.7 Å². The summed E-state index contributed by atoms with van der Waals surface area (Å²) in [5.41, 5.74) is 4.87. The molecule has 13 nitrogen and oxygen atoms in total. The zero-order valence-electron chi connectivity index (χ0n) is 29.5. The van der Waals surface area contributed by atoms with Crippen molar-refractivity contribution in [3.05, 3.63) is 95.3 Å². The van der Waals surface area contributed by atoms with Crippen LogP contribution in [-0.4, -0.2) is 101 Å². The van der Waals surface area contributed by atoms with Gasteiger partial charge in [-0.05, 0) is 48.0 Å². The van der Waals surface area contributed by atoms with Crippen LogP contribution in [-0.2, 0) is 14.1 Å². The van der Waals surface area contributed by atoms with Gasteiger partial charge in [0.15, 0.2) is 0 Å². The molecule has 3 aromatic heterocycles. The van der Waals surface area contributed by atoms with Gasteiger partial charge in [-0.1, -0.05) is 18.2 Å². The minimum atomic E-state index is -0.396. The average Bonchev–Trinajstić information content (AvgIpc) is 3.68. The number of carbonyl (C=O) groups excluding carboxylic acids is 3. The zero-order valence-corrected chi connectivity index (χ0v) is 30.3. The molecule has 0 atom stereocenters. The van der Waals surface area contributed by atoms with E-state index in [-0.39, 0.29) is 11.8 Å². The normalized spacial score (nSPS) is 13.2. The Morgan fingerprint density at radius 3 is 2.12 bits per heavy atom. The molecule has 3 amide bonds. The van der Waals surface area contributed by atoms with Gasteiger partial charge < -0.3 is 35.3 Å². The molecule has 0 aliphatic carbocycles. The smallest absolute Gasteiger partial charge is 0.272 e. The molecule has 1 fully saturated rings. The Morgan fingerprint density at radius 2 is 1.49 bits per heavy atom. The number of benzene rings is 1. The fraction of sp³-hybridized carbons (Fsp3) is 0.324. The summed E-state index contributed by atoms with van der Waals surface area (Å²) in [7, 11) is 7.44. The number of amides is 3. The number of carbonyl (C=O) groups is 3. The molecule has 1 aliphatic rings. The number of thioether (sulfide) groups is 1. The first kappa shape index (κ1) is 36.9. The summed E-state index contributed by atoms with van der Waals surface area (Å²) in [6, 6.07) is 14.8. The number of pyridine rings is 1. The Balaban J connectivity index is 1.08. The van der Waals surface area contributed by atoms with Crippen LogP contribution in [0.1, 0.15) is 49.0 Å². The number of rotatable bonds is 14. The van der Waals surface area contributed by atoms with Crippen molar-refractivity contribution in [1.82, 2.24) is 29.7 Å². The fourth-order valence-corrected chi connectivity index (χ4v) is 6.47. The molecule has 268 valence electrons. The van der Waals surface area contributed by atoms with E-state index in [4.69, 9.17) is 5.41 Å². The molecule has 51 heavy (non-hydrogen) atoms. The Hall–Kier alpha value is -5.34. The summed E-state index contributed by atoms with van der Waals surface area (Å²) in [6.45, 7) is 4.11. The quantitative estimate of drug-likeness (QED) is 0.0964. The van der Waals surface area contributed by atoms with E-state index < -0.39 is 5.91 Å². The highest BCUT2D eigenvalue weighted by Crippen LogP contribution is 2.19. The van der Waals surface area contributed by atoms with Crippen LogP contribution in [0.3, 0.4) is 0 Å². The van der Waals surface area contributed by atoms with Crippen LogP contribution in [0.2, 0.25) is 0 Å². The maximum absolute atomic E-state index is 13.2. The van der Waals surface area contributed by atoms with Crippen LogP contribution in [0.5, 0.6) is 0 Å². The van der Waals surface area contributed by atoms with E-state index in [1.54, 1.807) is 59.9 Å². The van der Waals surface area contributed by atoms with Gasteiger partial charge in [0.05, 0.1) is 28.5 Å². The summed E-state index contributed by atoms with van der Waals surface area (Å²) >= 11 is 1.97. The number of nitrogens with zero attached hydrogens (tertiary/aromatic N) is 5. The summed E-state index contributed by atoms with van der Waals surface area (Å²) in [5.74, 6) is 1.66. The number of aromatic nitrogens is 3. The van der Waals surface area contributed by atoms with Crippen LogP contribution in [0.4, 0.5) is 17.1 Å². The van der Waals surface area contributed by atoms with Crippen molar-refractivity contribution in [3.63, 3.8) is 0 Å². The highest BCUT2D eigenvalue weighted by Gasteiger charge is 2.18. The molecule has 1 saturated heterocycles. The minimum Gasteiger partial charge on any atom is -0.378 e. The predicted octanol–water partition coefficient (Wildman–Crippen LogP) is 4.24. The van der Waals surface area contributed by atoms with Gasteiger partial charge in [0, 0.05) is 103 Å². The van der Waals surface area contributed by atoms with Crippen molar-refractivity contribution < 1.29 is 14.4 Å². The van der Waals surface area contributed by atoms with E-state index in [9.17, 15) is 14.4 Å². The Kier molecular flexibility index (Phi) is 12.7. The molecular weight excluding hydrogens is 665 g/mol. The second-order valence-electron chi connectivity index (χ2n) is 12.5. The van der Waals surface area contributed by atoms with Crippen LogP contribution >= 0.6 is 11.8 Å². The third-order valence-corrected chi connectivity index (χ3v) is 9.37. The molecule has 5 N–H and O–H groups in total. The van der Waals surface area contributed by atoms with Gasteiger partial charge in [-0.3, -0.25) is 29.7 Å². The molecule has 0 radical (unpaired) electrons. The molecule has 1 aromatic carbocycles. The SMILES string of the molecule is CN(C)c1ccc(/C=C/c2ccc(C(=O)Nc3cc(C(=O)Nc4cc(C(=O)NCCC(=N)NCCN5CCSCC5)n(C)c4)n(C)c3)cn2)cc1. The van der Waals surface area contributed by atoms with Crippen molar-refractivity contribution >= 4 is 64.5 Å². The maximum atomic E-state index is 13.2. The summed E-state index contributed by atoms with van der Waals surface area (Å²) in [4.78, 5) is 47.8. The fourth-order valence-electron chi connectivity index (χ4n) is 5.49. The van der Waals surface area contributed by atoms with Gasteiger partial charge >= 0.3 is 0 Å². The zero-order chi connectivity index (χ0) is 36.3. The van der Waals surface area contributed by atoms with E-state index in [1.165, 1.54) is 6.20 Å². The van der Waals surface area contributed by atoms with Crippen molar-refractivity contribution in [1.29, 1.82) is 5.41 Å². The second-order valence-corrected chi connectivity index (χ2v) is 13.7. The lowest BCUT2D eigenvalue weighted by Crippen LogP contribution is -2.39. The van der Waals surface area contributed by atoms with Gasteiger partial charge in [-0.25, -0.2) is 0 Å². The van der Waals surface area contributed by atoms with E-state index in [0.717, 1.165) is 48.1 Å². The third kappa shape index (κ3) is 10.6. The first-order chi connectivity index (χ1) is 24.5. The molecule has 5 rings (SSSR count). The average molecular weight is 711 g/mol. The van der Waals surface area contributed by atoms with Crippen molar-refractivity contribution in [2.45, 2.75) is 6.42 Å². The van der Waals surface area contributed by atoms with E-state index >= 15 is 0 Å². The van der Waals surface area contributed by atoms with E-state index in [0.29, 0.717) is 53.7 Å². The van der Waals surface area contributed by atoms with Crippen LogP contribution in [0.25, 0.3) is 12.2 Å². The maximum Gasteiger partial charge on any atom is 0.272 e. The second kappa shape index (κ2) is 17.5. The number of hydrogen-bond acceptors (Lipinski definition) is 8. The van der Waals surface area contributed by atoms with Gasteiger partial charge in [0.2, 0.25) is 0 Å². The Morgan fingerprint density at radius 1 is 0.843 bits per heavy atom. The van der Waals surface area contributed by atoms with Crippen molar-refractivity contribution in [3.8, 4) is 0 Å². The third-order valence-electron chi connectivity index (χ3n) is 8.43. The number of nitrogens with one attached hydrogen (secondary N) is 5. The van der Waals surface area contributed by atoms with E-state index in [1.807, 2.05) is 67.2 Å². The molecule has 14 heteroatoms. The first-order valence-corrected chi connectivity index (χ1v) is 18.0. The lowest BCUT2D eigenvalue weighted by atomic mass is 10.1. The minimum absolute atomic E-state index is 0.297.